The molecule has 0 aliphatic heterocycles. The summed E-state index contributed by atoms with van der Waals surface area (Å²) in [6.07, 6.45) is 7.80. The highest BCUT2D eigenvalue weighted by Gasteiger charge is 2.51. The van der Waals surface area contributed by atoms with Crippen molar-refractivity contribution in [2.75, 3.05) is 13.1 Å². The maximum absolute atomic E-state index is 13.1. The molecule has 2 unspecified atom stereocenters. The highest BCUT2D eigenvalue weighted by molar-refractivity contribution is 5.83. The van der Waals surface area contributed by atoms with Crippen molar-refractivity contribution in [1.29, 1.82) is 0 Å². The van der Waals surface area contributed by atoms with Crippen molar-refractivity contribution < 1.29 is 4.79 Å². The van der Waals surface area contributed by atoms with Gasteiger partial charge in [0.25, 0.3) is 0 Å². The first kappa shape index (κ1) is 20.1. The molecule has 1 aromatic heterocycles. The van der Waals surface area contributed by atoms with Crippen LogP contribution in [0.1, 0.15) is 53.0 Å². The second kappa shape index (κ2) is 7.23. The third-order valence-corrected chi connectivity index (χ3v) is 7.05. The predicted molar refractivity (Wildman–Crippen MR) is 120 cm³/mol. The smallest absolute Gasteiger partial charge is 0.318 e. The third kappa shape index (κ3) is 3.94. The monoisotopic (exact) mass is 393 g/mol. The molecule has 1 aromatic carbocycles. The number of nitrogens with one attached hydrogen (secondary N) is 2. The highest BCUT2D eigenvalue weighted by Crippen LogP contribution is 2.59. The molecule has 0 radical (unpaired) electrons. The van der Waals surface area contributed by atoms with Gasteiger partial charge in [-0.05, 0) is 68.9 Å². The van der Waals surface area contributed by atoms with Crippen LogP contribution in [0.25, 0.3) is 10.9 Å². The van der Waals surface area contributed by atoms with Crippen LogP contribution >= 0.6 is 0 Å². The van der Waals surface area contributed by atoms with Crippen LogP contribution in [-0.2, 0) is 6.42 Å². The van der Waals surface area contributed by atoms with Crippen molar-refractivity contribution in [3.63, 3.8) is 0 Å². The van der Waals surface area contributed by atoms with E-state index < -0.39 is 0 Å². The van der Waals surface area contributed by atoms with E-state index in [9.17, 15) is 4.79 Å². The summed E-state index contributed by atoms with van der Waals surface area (Å²) in [5.41, 5.74) is 4.03. The number of benzene rings is 1. The van der Waals surface area contributed by atoms with Gasteiger partial charge < -0.3 is 15.2 Å². The lowest BCUT2D eigenvalue weighted by Gasteiger charge is -2.57. The Balaban J connectivity index is 1.51. The van der Waals surface area contributed by atoms with Crippen molar-refractivity contribution in [3.05, 3.63) is 47.7 Å². The van der Waals surface area contributed by atoms with Gasteiger partial charge in [0, 0.05) is 35.7 Å². The van der Waals surface area contributed by atoms with E-state index in [0.717, 1.165) is 37.4 Å². The number of nitrogens with zero attached hydrogens (tertiary/aromatic N) is 1. The molecule has 5 rings (SSSR count). The second-order valence-electron chi connectivity index (χ2n) is 10.5. The number of fused-ring (bicyclic) bond motifs is 2. The Morgan fingerprint density at radius 1 is 1.28 bits per heavy atom. The summed E-state index contributed by atoms with van der Waals surface area (Å²) in [6.45, 7) is 12.4. The van der Waals surface area contributed by atoms with E-state index in [1.807, 2.05) is 25.7 Å². The lowest BCUT2D eigenvalue weighted by Crippen LogP contribution is -2.53. The number of carbonyl (C=O) groups excluding carboxylic acids is 1. The van der Waals surface area contributed by atoms with Crippen molar-refractivity contribution in [1.82, 2.24) is 15.2 Å². The Hall–Kier alpha value is -2.23. The van der Waals surface area contributed by atoms with Crippen LogP contribution in [-0.4, -0.2) is 34.5 Å². The van der Waals surface area contributed by atoms with E-state index in [4.69, 9.17) is 0 Å². The van der Waals surface area contributed by atoms with E-state index >= 15 is 0 Å². The fraction of sp³-hybridized carbons (Fsp3) is 0.560. The molecule has 3 aliphatic rings. The topological polar surface area (TPSA) is 48.1 Å². The van der Waals surface area contributed by atoms with Gasteiger partial charge in [0.2, 0.25) is 0 Å². The molecule has 156 valence electrons. The summed E-state index contributed by atoms with van der Waals surface area (Å²) >= 11 is 0. The van der Waals surface area contributed by atoms with Crippen LogP contribution in [0.3, 0.4) is 0 Å². The summed E-state index contributed by atoms with van der Waals surface area (Å²) in [4.78, 5) is 18.5. The van der Waals surface area contributed by atoms with Crippen LogP contribution in [0.2, 0.25) is 0 Å². The highest BCUT2D eigenvalue weighted by atomic mass is 16.2. The number of urea groups is 1. The number of hydrogen-bond acceptors (Lipinski definition) is 1. The van der Waals surface area contributed by atoms with Gasteiger partial charge in [0.1, 0.15) is 0 Å². The standard InChI is InChI=1S/C25H35N3O/c1-24(2,3)27-23(29)28(16-18-10-11-19-14-21(18)25(19,4)5)13-12-17-15-26-22-9-7-6-8-20(17)22/h6-10,15,19,21,26H,11-14,16H2,1-5H3,(H,27,29). The summed E-state index contributed by atoms with van der Waals surface area (Å²) in [5, 5.41) is 4.43. The number of carbonyl (C=O) groups is 1. The Kier molecular flexibility index (Phi) is 5.00. The third-order valence-electron chi connectivity index (χ3n) is 7.05. The zero-order valence-electron chi connectivity index (χ0n) is 18.5. The molecule has 2 bridgehead atoms. The number of rotatable bonds is 5. The average molecular weight is 394 g/mol. The minimum absolute atomic E-state index is 0.0393. The van der Waals surface area contributed by atoms with E-state index in [0.29, 0.717) is 11.3 Å². The number of allylic oxidation sites excluding steroid dienone is 1. The van der Waals surface area contributed by atoms with E-state index in [-0.39, 0.29) is 11.6 Å². The summed E-state index contributed by atoms with van der Waals surface area (Å²) in [5.74, 6) is 1.44. The number of amides is 2. The summed E-state index contributed by atoms with van der Waals surface area (Å²) < 4.78 is 0. The van der Waals surface area contributed by atoms with Crippen molar-refractivity contribution in [3.8, 4) is 0 Å². The summed E-state index contributed by atoms with van der Waals surface area (Å²) in [6, 6.07) is 8.42. The molecule has 2 amide bonds. The molecule has 1 heterocycles. The molecule has 3 aliphatic carbocycles. The zero-order valence-corrected chi connectivity index (χ0v) is 18.5. The molecule has 4 nitrogen and oxygen atoms in total. The first-order valence-electron chi connectivity index (χ1n) is 11.0. The van der Waals surface area contributed by atoms with Gasteiger partial charge in [-0.3, -0.25) is 0 Å². The fourth-order valence-electron chi connectivity index (χ4n) is 5.12. The van der Waals surface area contributed by atoms with Crippen LogP contribution in [0.4, 0.5) is 4.79 Å². The SMILES string of the molecule is CC(C)(C)NC(=O)N(CCc1c[nH]c2ccccc12)CC1=CCC2CC1C2(C)C. The predicted octanol–water partition coefficient (Wildman–Crippen LogP) is 5.51. The second-order valence-corrected chi connectivity index (χ2v) is 10.5. The molecular formula is C25H35N3O. The van der Waals surface area contributed by atoms with Gasteiger partial charge in [0.15, 0.2) is 0 Å². The van der Waals surface area contributed by atoms with Gasteiger partial charge in [-0.2, -0.15) is 0 Å². The van der Waals surface area contributed by atoms with E-state index in [1.54, 1.807) is 0 Å². The molecule has 1 saturated carbocycles. The van der Waals surface area contributed by atoms with Crippen molar-refractivity contribution in [2.24, 2.45) is 17.3 Å². The average Bonchev–Trinajstić information content (AvgIpc) is 3.07. The summed E-state index contributed by atoms with van der Waals surface area (Å²) in [7, 11) is 0. The number of aromatic amines is 1. The molecule has 2 atom stereocenters. The van der Waals surface area contributed by atoms with Crippen molar-refractivity contribution in [2.45, 2.75) is 59.4 Å². The minimum atomic E-state index is -0.238. The van der Waals surface area contributed by atoms with E-state index in [2.05, 4.69) is 60.7 Å². The van der Waals surface area contributed by atoms with Gasteiger partial charge >= 0.3 is 6.03 Å². The van der Waals surface area contributed by atoms with Gasteiger partial charge in [-0.1, -0.05) is 43.7 Å². The van der Waals surface area contributed by atoms with Crippen LogP contribution in [0.5, 0.6) is 0 Å². The molecule has 0 saturated heterocycles. The van der Waals surface area contributed by atoms with Gasteiger partial charge in [-0.25, -0.2) is 4.79 Å². The molecule has 4 heteroatoms. The molecule has 2 N–H and O–H groups in total. The number of para-hydroxylation sites is 1. The maximum Gasteiger partial charge on any atom is 0.318 e. The Morgan fingerprint density at radius 2 is 2.03 bits per heavy atom. The normalized spacial score (nSPS) is 22.7. The quantitative estimate of drug-likeness (QED) is 0.646. The van der Waals surface area contributed by atoms with Gasteiger partial charge in [0.05, 0.1) is 0 Å². The fourth-order valence-corrected chi connectivity index (χ4v) is 5.12. The number of hydrogen-bond donors (Lipinski definition) is 2. The van der Waals surface area contributed by atoms with Crippen LogP contribution in [0.15, 0.2) is 42.1 Å². The Labute approximate surface area is 174 Å². The lowest BCUT2D eigenvalue weighted by molar-refractivity contribution is -0.00967. The molecule has 29 heavy (non-hydrogen) atoms. The molecule has 1 fully saturated rings. The largest absolute Gasteiger partial charge is 0.361 e. The number of H-pyrrole nitrogens is 1. The molecular weight excluding hydrogens is 358 g/mol. The number of aromatic nitrogens is 1. The first-order chi connectivity index (χ1) is 13.6. The molecule has 2 aromatic rings. The van der Waals surface area contributed by atoms with Gasteiger partial charge in [-0.15, -0.1) is 0 Å². The Bertz CT molecular complexity index is 931. The minimum Gasteiger partial charge on any atom is -0.361 e. The lowest BCUT2D eigenvalue weighted by atomic mass is 9.49. The van der Waals surface area contributed by atoms with E-state index in [1.165, 1.54) is 22.9 Å². The Morgan fingerprint density at radius 3 is 2.72 bits per heavy atom. The zero-order chi connectivity index (χ0) is 20.8. The molecule has 0 spiro atoms. The van der Waals surface area contributed by atoms with Crippen molar-refractivity contribution >= 4 is 16.9 Å². The maximum atomic E-state index is 13.1. The first-order valence-corrected chi connectivity index (χ1v) is 11.0. The van der Waals surface area contributed by atoms with Crippen LogP contribution in [0, 0.1) is 17.3 Å². The van der Waals surface area contributed by atoms with Crippen LogP contribution < -0.4 is 5.32 Å².